The summed E-state index contributed by atoms with van der Waals surface area (Å²) in [6.07, 6.45) is 7.92. The lowest BCUT2D eigenvalue weighted by molar-refractivity contribution is -0.116. The number of pyridine rings is 1. The van der Waals surface area contributed by atoms with E-state index < -0.39 is 0 Å². The van der Waals surface area contributed by atoms with Gasteiger partial charge in [-0.25, -0.2) is 0 Å². The molecule has 1 amide bonds. The summed E-state index contributed by atoms with van der Waals surface area (Å²) in [5.74, 6) is -0.0612. The number of thiophene rings is 1. The normalized spacial score (nSPS) is 16.2. The van der Waals surface area contributed by atoms with Gasteiger partial charge in [0.2, 0.25) is 5.91 Å². The maximum atomic E-state index is 11.9. The molecule has 0 aromatic carbocycles. The van der Waals surface area contributed by atoms with Crippen LogP contribution in [-0.2, 0) is 17.8 Å². The Hall–Kier alpha value is -1.98. The SMILES string of the molecule is CC(CNC(=O)/C=C/c1cccnc1)N1CCc2sccc2C1. The molecule has 0 fully saturated rings. The van der Waals surface area contributed by atoms with Gasteiger partial charge < -0.3 is 5.32 Å². The molecular weight excluding hydrogens is 306 g/mol. The Balaban J connectivity index is 1.46. The van der Waals surface area contributed by atoms with Crippen molar-refractivity contribution in [1.29, 1.82) is 0 Å². The number of carbonyl (C=O) groups excluding carboxylic acids is 1. The molecule has 1 N–H and O–H groups in total. The van der Waals surface area contributed by atoms with Crippen molar-refractivity contribution in [1.82, 2.24) is 15.2 Å². The van der Waals surface area contributed by atoms with Crippen molar-refractivity contribution in [3.05, 3.63) is 58.1 Å². The van der Waals surface area contributed by atoms with Crippen LogP contribution < -0.4 is 5.32 Å². The summed E-state index contributed by atoms with van der Waals surface area (Å²) < 4.78 is 0. The second-order valence-corrected chi connectivity index (χ2v) is 6.80. The Morgan fingerprint density at radius 2 is 2.43 bits per heavy atom. The van der Waals surface area contributed by atoms with Gasteiger partial charge in [0.15, 0.2) is 0 Å². The molecule has 0 saturated carbocycles. The number of fused-ring (bicyclic) bond motifs is 1. The number of aromatic nitrogens is 1. The lowest BCUT2D eigenvalue weighted by Gasteiger charge is -2.32. The first kappa shape index (κ1) is 15.9. The predicted octanol–water partition coefficient (Wildman–Crippen LogP) is 2.72. The molecule has 0 saturated heterocycles. The third-order valence-electron chi connectivity index (χ3n) is 4.14. The van der Waals surface area contributed by atoms with Crippen LogP contribution in [0.4, 0.5) is 0 Å². The molecule has 1 unspecified atom stereocenters. The number of rotatable bonds is 5. The van der Waals surface area contributed by atoms with E-state index in [1.165, 1.54) is 10.4 Å². The lowest BCUT2D eigenvalue weighted by atomic mass is 10.1. The van der Waals surface area contributed by atoms with Gasteiger partial charge in [-0.2, -0.15) is 0 Å². The summed E-state index contributed by atoms with van der Waals surface area (Å²) in [5, 5.41) is 5.15. The number of amides is 1. The highest BCUT2D eigenvalue weighted by Gasteiger charge is 2.21. The van der Waals surface area contributed by atoms with Crippen molar-refractivity contribution < 1.29 is 4.79 Å². The van der Waals surface area contributed by atoms with E-state index in [4.69, 9.17) is 0 Å². The van der Waals surface area contributed by atoms with Crippen LogP contribution in [0, 0.1) is 0 Å². The monoisotopic (exact) mass is 327 g/mol. The number of nitrogens with zero attached hydrogens (tertiary/aromatic N) is 2. The minimum absolute atomic E-state index is 0.0612. The molecule has 120 valence electrons. The minimum Gasteiger partial charge on any atom is -0.351 e. The first-order valence-corrected chi connectivity index (χ1v) is 8.75. The van der Waals surface area contributed by atoms with Crippen molar-refractivity contribution in [2.45, 2.75) is 25.9 Å². The van der Waals surface area contributed by atoms with Crippen LogP contribution in [0.1, 0.15) is 22.9 Å². The molecule has 2 aromatic heterocycles. The van der Waals surface area contributed by atoms with Gasteiger partial charge in [0.05, 0.1) is 0 Å². The van der Waals surface area contributed by atoms with E-state index in [0.717, 1.165) is 25.1 Å². The van der Waals surface area contributed by atoms with Crippen molar-refractivity contribution in [2.24, 2.45) is 0 Å². The standard InChI is InChI=1S/C18H21N3OS/c1-14(21-9-6-17-16(13-21)7-10-23-17)11-20-18(22)5-4-15-3-2-8-19-12-15/h2-5,7-8,10,12,14H,6,9,11,13H2,1H3,(H,20,22)/b5-4+. The minimum atomic E-state index is -0.0612. The molecule has 2 aromatic rings. The first-order valence-electron chi connectivity index (χ1n) is 7.87. The molecule has 5 heteroatoms. The van der Waals surface area contributed by atoms with Crippen molar-refractivity contribution in [3.63, 3.8) is 0 Å². The predicted molar refractivity (Wildman–Crippen MR) is 94.2 cm³/mol. The second-order valence-electron chi connectivity index (χ2n) is 5.80. The van der Waals surface area contributed by atoms with Gasteiger partial charge in [-0.3, -0.25) is 14.7 Å². The molecular formula is C18H21N3OS. The zero-order valence-corrected chi connectivity index (χ0v) is 14.1. The van der Waals surface area contributed by atoms with Crippen LogP contribution in [-0.4, -0.2) is 34.9 Å². The molecule has 3 heterocycles. The molecule has 1 atom stereocenters. The molecule has 1 aliphatic heterocycles. The number of carbonyl (C=O) groups is 1. The van der Waals surface area contributed by atoms with Crippen LogP contribution in [0.25, 0.3) is 6.08 Å². The Kier molecular flexibility index (Phi) is 5.20. The number of hydrogen-bond donors (Lipinski definition) is 1. The van der Waals surface area contributed by atoms with Crippen LogP contribution in [0.3, 0.4) is 0 Å². The Morgan fingerprint density at radius 1 is 1.52 bits per heavy atom. The summed E-state index contributed by atoms with van der Waals surface area (Å²) in [4.78, 5) is 19.9. The molecule has 0 bridgehead atoms. The number of hydrogen-bond acceptors (Lipinski definition) is 4. The summed E-state index contributed by atoms with van der Waals surface area (Å²) in [6, 6.07) is 6.33. The van der Waals surface area contributed by atoms with E-state index >= 15 is 0 Å². The number of nitrogens with one attached hydrogen (secondary N) is 1. The third kappa shape index (κ3) is 4.27. The zero-order chi connectivity index (χ0) is 16.1. The molecule has 0 aliphatic carbocycles. The fraction of sp³-hybridized carbons (Fsp3) is 0.333. The Morgan fingerprint density at radius 3 is 3.26 bits per heavy atom. The van der Waals surface area contributed by atoms with E-state index in [2.05, 4.69) is 33.6 Å². The van der Waals surface area contributed by atoms with Gasteiger partial charge in [0.25, 0.3) is 0 Å². The van der Waals surface area contributed by atoms with Gasteiger partial charge in [-0.1, -0.05) is 6.07 Å². The molecule has 1 aliphatic rings. The highest BCUT2D eigenvalue weighted by atomic mass is 32.1. The van der Waals surface area contributed by atoms with Gasteiger partial charge in [0, 0.05) is 49.0 Å². The van der Waals surface area contributed by atoms with Gasteiger partial charge >= 0.3 is 0 Å². The van der Waals surface area contributed by atoms with Crippen LogP contribution in [0.2, 0.25) is 0 Å². The fourth-order valence-corrected chi connectivity index (χ4v) is 3.62. The van der Waals surface area contributed by atoms with Crippen LogP contribution >= 0.6 is 11.3 Å². The van der Waals surface area contributed by atoms with Gasteiger partial charge in [-0.15, -0.1) is 11.3 Å². The summed E-state index contributed by atoms with van der Waals surface area (Å²) in [5.41, 5.74) is 2.37. The van der Waals surface area contributed by atoms with Gasteiger partial charge in [0.1, 0.15) is 0 Å². The maximum Gasteiger partial charge on any atom is 0.244 e. The zero-order valence-electron chi connectivity index (χ0n) is 13.2. The molecule has 4 nitrogen and oxygen atoms in total. The average Bonchev–Trinajstić information content (AvgIpc) is 3.06. The fourth-order valence-electron chi connectivity index (χ4n) is 2.73. The van der Waals surface area contributed by atoms with Crippen molar-refractivity contribution in [2.75, 3.05) is 13.1 Å². The maximum absolute atomic E-state index is 11.9. The van der Waals surface area contributed by atoms with Crippen molar-refractivity contribution in [3.8, 4) is 0 Å². The topological polar surface area (TPSA) is 45.2 Å². The molecule has 0 spiro atoms. The van der Waals surface area contributed by atoms with E-state index in [1.54, 1.807) is 24.5 Å². The summed E-state index contributed by atoms with van der Waals surface area (Å²) in [7, 11) is 0. The van der Waals surface area contributed by atoms with Crippen LogP contribution in [0.5, 0.6) is 0 Å². The van der Waals surface area contributed by atoms with Crippen molar-refractivity contribution >= 4 is 23.3 Å². The second kappa shape index (κ2) is 7.53. The highest BCUT2D eigenvalue weighted by Crippen LogP contribution is 2.24. The highest BCUT2D eigenvalue weighted by molar-refractivity contribution is 7.10. The Bertz CT molecular complexity index is 681. The summed E-state index contributed by atoms with van der Waals surface area (Å²) >= 11 is 1.85. The average molecular weight is 327 g/mol. The largest absolute Gasteiger partial charge is 0.351 e. The summed E-state index contributed by atoms with van der Waals surface area (Å²) in [6.45, 7) is 4.88. The van der Waals surface area contributed by atoms with Gasteiger partial charge in [-0.05, 0) is 48.1 Å². The first-order chi connectivity index (χ1) is 11.2. The van der Waals surface area contributed by atoms with E-state index in [9.17, 15) is 4.79 Å². The third-order valence-corrected chi connectivity index (χ3v) is 5.17. The molecule has 0 radical (unpaired) electrons. The Labute approximate surface area is 140 Å². The molecule has 3 rings (SSSR count). The van der Waals surface area contributed by atoms with E-state index in [1.807, 2.05) is 23.5 Å². The lowest BCUT2D eigenvalue weighted by Crippen LogP contribution is -2.43. The van der Waals surface area contributed by atoms with E-state index in [0.29, 0.717) is 12.6 Å². The van der Waals surface area contributed by atoms with E-state index in [-0.39, 0.29) is 5.91 Å². The molecule has 23 heavy (non-hydrogen) atoms. The smallest absolute Gasteiger partial charge is 0.244 e. The quantitative estimate of drug-likeness (QED) is 0.859. The van der Waals surface area contributed by atoms with Crippen LogP contribution in [0.15, 0.2) is 42.0 Å².